The monoisotopic (exact) mass is 227 g/mol. The van der Waals surface area contributed by atoms with Crippen LogP contribution in [-0.2, 0) is 9.47 Å². The van der Waals surface area contributed by atoms with Crippen molar-refractivity contribution in [3.63, 3.8) is 0 Å². The Kier molecular flexibility index (Phi) is 4.52. The van der Waals surface area contributed by atoms with E-state index in [4.69, 9.17) is 9.47 Å². The van der Waals surface area contributed by atoms with E-state index >= 15 is 0 Å². The van der Waals surface area contributed by atoms with Crippen LogP contribution in [0.4, 0.5) is 4.39 Å². The number of hydrogen-bond acceptors (Lipinski definition) is 4. The molecule has 0 aromatic carbocycles. The Labute approximate surface area is 93.4 Å². The van der Waals surface area contributed by atoms with Gasteiger partial charge in [-0.3, -0.25) is 9.78 Å². The molecule has 0 radical (unpaired) electrons. The van der Waals surface area contributed by atoms with Gasteiger partial charge < -0.3 is 9.47 Å². The molecule has 0 bridgehead atoms. The number of carbonyl (C=O) groups is 1. The smallest absolute Gasteiger partial charge is 0.189 e. The first-order chi connectivity index (χ1) is 7.60. The number of ketones is 1. The third kappa shape index (κ3) is 2.84. The first-order valence-corrected chi connectivity index (χ1v) is 4.81. The Morgan fingerprint density at radius 1 is 1.38 bits per heavy atom. The summed E-state index contributed by atoms with van der Waals surface area (Å²) < 4.78 is 22.6. The van der Waals surface area contributed by atoms with Crippen LogP contribution in [0.2, 0.25) is 0 Å². The zero-order valence-corrected chi connectivity index (χ0v) is 9.44. The van der Waals surface area contributed by atoms with E-state index in [2.05, 4.69) is 4.98 Å². The maximum atomic E-state index is 12.6. The second-order valence-electron chi connectivity index (χ2n) is 3.35. The molecule has 16 heavy (non-hydrogen) atoms. The second kappa shape index (κ2) is 5.67. The third-order valence-corrected chi connectivity index (χ3v) is 2.27. The molecule has 0 fully saturated rings. The van der Waals surface area contributed by atoms with Gasteiger partial charge in [0.2, 0.25) is 0 Å². The molecule has 0 amide bonds. The van der Waals surface area contributed by atoms with Gasteiger partial charge in [-0.1, -0.05) is 6.92 Å². The summed E-state index contributed by atoms with van der Waals surface area (Å²) in [6, 6.07) is 2.54. The van der Waals surface area contributed by atoms with Crippen molar-refractivity contribution in [1.82, 2.24) is 4.98 Å². The van der Waals surface area contributed by atoms with Crippen molar-refractivity contribution in [3.8, 4) is 0 Å². The summed E-state index contributed by atoms with van der Waals surface area (Å²) in [6.45, 7) is 1.67. The SMILES string of the molecule is COC(OC)C(C)C(=O)c1ccc(F)cn1. The molecule has 4 nitrogen and oxygen atoms in total. The van der Waals surface area contributed by atoms with E-state index in [0.717, 1.165) is 6.20 Å². The lowest BCUT2D eigenvalue weighted by molar-refractivity contribution is -0.123. The average Bonchev–Trinajstić information content (AvgIpc) is 2.30. The minimum Gasteiger partial charge on any atom is -0.355 e. The van der Waals surface area contributed by atoms with Crippen molar-refractivity contribution in [2.75, 3.05) is 14.2 Å². The van der Waals surface area contributed by atoms with Crippen LogP contribution < -0.4 is 0 Å². The summed E-state index contributed by atoms with van der Waals surface area (Å²) in [5.74, 6) is -1.21. The van der Waals surface area contributed by atoms with Gasteiger partial charge in [0.15, 0.2) is 12.1 Å². The predicted molar refractivity (Wildman–Crippen MR) is 55.5 cm³/mol. The van der Waals surface area contributed by atoms with Crippen LogP contribution in [0.5, 0.6) is 0 Å². The fraction of sp³-hybridized carbons (Fsp3) is 0.455. The van der Waals surface area contributed by atoms with E-state index in [0.29, 0.717) is 0 Å². The van der Waals surface area contributed by atoms with Gasteiger partial charge in [-0.2, -0.15) is 0 Å². The van der Waals surface area contributed by atoms with Crippen molar-refractivity contribution >= 4 is 5.78 Å². The van der Waals surface area contributed by atoms with Crippen molar-refractivity contribution in [3.05, 3.63) is 29.8 Å². The highest BCUT2D eigenvalue weighted by Crippen LogP contribution is 2.13. The lowest BCUT2D eigenvalue weighted by Gasteiger charge is -2.19. The Bertz CT molecular complexity index is 349. The lowest BCUT2D eigenvalue weighted by atomic mass is 10.0. The number of halogens is 1. The average molecular weight is 227 g/mol. The minimum atomic E-state index is -0.626. The number of Topliss-reactive ketones (excluding diaryl/α,β-unsaturated/α-hetero) is 1. The van der Waals surface area contributed by atoms with Crippen LogP contribution in [-0.4, -0.2) is 31.3 Å². The summed E-state index contributed by atoms with van der Waals surface area (Å²) in [5, 5.41) is 0. The van der Waals surface area contributed by atoms with E-state index in [1.807, 2.05) is 0 Å². The number of aromatic nitrogens is 1. The number of ether oxygens (including phenoxy) is 2. The highest BCUT2D eigenvalue weighted by atomic mass is 19.1. The van der Waals surface area contributed by atoms with Crippen LogP contribution in [0.25, 0.3) is 0 Å². The largest absolute Gasteiger partial charge is 0.355 e. The van der Waals surface area contributed by atoms with Gasteiger partial charge in [0.25, 0.3) is 0 Å². The normalized spacial score (nSPS) is 12.8. The molecule has 88 valence electrons. The first kappa shape index (κ1) is 12.7. The maximum absolute atomic E-state index is 12.6. The van der Waals surface area contributed by atoms with Gasteiger partial charge in [-0.15, -0.1) is 0 Å². The molecular weight excluding hydrogens is 213 g/mol. The van der Waals surface area contributed by atoms with Crippen LogP contribution in [0.1, 0.15) is 17.4 Å². The molecule has 0 spiro atoms. The fourth-order valence-corrected chi connectivity index (χ4v) is 1.38. The van der Waals surface area contributed by atoms with Gasteiger partial charge in [0.1, 0.15) is 11.5 Å². The van der Waals surface area contributed by atoms with E-state index in [1.54, 1.807) is 6.92 Å². The molecule has 1 aromatic heterocycles. The molecule has 0 saturated heterocycles. The summed E-state index contributed by atoms with van der Waals surface area (Å²) in [6.07, 6.45) is 0.383. The van der Waals surface area contributed by atoms with Gasteiger partial charge in [0.05, 0.1) is 12.1 Å². The zero-order valence-electron chi connectivity index (χ0n) is 9.44. The van der Waals surface area contributed by atoms with Crippen LogP contribution in [0.3, 0.4) is 0 Å². The molecule has 1 atom stereocenters. The second-order valence-corrected chi connectivity index (χ2v) is 3.35. The molecule has 0 saturated carbocycles. The highest BCUT2D eigenvalue weighted by molar-refractivity contribution is 5.96. The fourth-order valence-electron chi connectivity index (χ4n) is 1.38. The zero-order chi connectivity index (χ0) is 12.1. The van der Waals surface area contributed by atoms with Crippen LogP contribution in [0.15, 0.2) is 18.3 Å². The third-order valence-electron chi connectivity index (χ3n) is 2.27. The van der Waals surface area contributed by atoms with Crippen LogP contribution in [0, 0.1) is 11.7 Å². The van der Waals surface area contributed by atoms with Gasteiger partial charge in [-0.25, -0.2) is 4.39 Å². The highest BCUT2D eigenvalue weighted by Gasteiger charge is 2.25. The van der Waals surface area contributed by atoms with Crippen LogP contribution >= 0.6 is 0 Å². The Morgan fingerprint density at radius 3 is 2.44 bits per heavy atom. The summed E-state index contributed by atoms with van der Waals surface area (Å²) in [4.78, 5) is 15.6. The number of rotatable bonds is 5. The quantitative estimate of drug-likeness (QED) is 0.567. The number of pyridine rings is 1. The van der Waals surface area contributed by atoms with Crippen molar-refractivity contribution < 1.29 is 18.7 Å². The molecule has 1 rings (SSSR count). The number of hydrogen-bond donors (Lipinski definition) is 0. The predicted octanol–water partition coefficient (Wildman–Crippen LogP) is 1.66. The van der Waals surface area contributed by atoms with Crippen molar-refractivity contribution in [1.29, 1.82) is 0 Å². The number of carbonyl (C=O) groups excluding carboxylic acids is 1. The lowest BCUT2D eigenvalue weighted by Crippen LogP contribution is -2.29. The van der Waals surface area contributed by atoms with Gasteiger partial charge in [0, 0.05) is 14.2 Å². The number of methoxy groups -OCH3 is 2. The van der Waals surface area contributed by atoms with Gasteiger partial charge >= 0.3 is 0 Å². The summed E-state index contributed by atoms with van der Waals surface area (Å²) in [7, 11) is 2.91. The Morgan fingerprint density at radius 2 is 2.00 bits per heavy atom. The first-order valence-electron chi connectivity index (χ1n) is 4.81. The standard InChI is InChI=1S/C11H14FNO3/c1-7(11(15-2)16-3)10(14)9-5-4-8(12)6-13-9/h4-7,11H,1-3H3. The molecular formula is C11H14FNO3. The molecule has 0 aliphatic carbocycles. The molecule has 0 aliphatic heterocycles. The maximum Gasteiger partial charge on any atom is 0.189 e. The van der Waals surface area contributed by atoms with Crippen molar-refractivity contribution in [2.24, 2.45) is 5.92 Å². The van der Waals surface area contributed by atoms with Gasteiger partial charge in [-0.05, 0) is 12.1 Å². The molecule has 1 aromatic rings. The minimum absolute atomic E-state index is 0.202. The molecule has 1 unspecified atom stereocenters. The van der Waals surface area contributed by atoms with E-state index in [9.17, 15) is 9.18 Å². The van der Waals surface area contributed by atoms with E-state index < -0.39 is 18.0 Å². The number of nitrogens with zero attached hydrogens (tertiary/aromatic N) is 1. The molecule has 5 heteroatoms. The Hall–Kier alpha value is -1.33. The van der Waals surface area contributed by atoms with Crippen molar-refractivity contribution in [2.45, 2.75) is 13.2 Å². The molecule has 0 aliphatic rings. The van der Waals surface area contributed by atoms with E-state index in [-0.39, 0.29) is 11.5 Å². The Balaban J connectivity index is 2.81. The summed E-state index contributed by atoms with van der Waals surface area (Å²) in [5.41, 5.74) is 0.202. The molecule has 0 N–H and O–H groups in total. The molecule has 1 heterocycles. The van der Waals surface area contributed by atoms with E-state index in [1.165, 1.54) is 26.4 Å². The topological polar surface area (TPSA) is 48.4 Å². The summed E-state index contributed by atoms with van der Waals surface area (Å²) >= 11 is 0.